The maximum atomic E-state index is 5.10. The summed E-state index contributed by atoms with van der Waals surface area (Å²) in [5.74, 6) is 0. The molecule has 200 valence electrons. The van der Waals surface area contributed by atoms with Crippen LogP contribution in [0.2, 0.25) is 0 Å². The number of aryl methyl sites for hydroxylation is 2. The molecule has 0 amide bonds. The third kappa shape index (κ3) is 8.24. The lowest BCUT2D eigenvalue weighted by Gasteiger charge is -2.32. The summed E-state index contributed by atoms with van der Waals surface area (Å²) in [6.07, 6.45) is 6.69. The highest BCUT2D eigenvalue weighted by Gasteiger charge is 2.15. The van der Waals surface area contributed by atoms with E-state index in [1.54, 1.807) is 0 Å². The first-order chi connectivity index (χ1) is 17.9. The molecule has 37 heavy (non-hydrogen) atoms. The zero-order valence-electron chi connectivity index (χ0n) is 23.7. The van der Waals surface area contributed by atoms with Crippen LogP contribution in [0, 0.1) is 0 Å². The third-order valence-electron chi connectivity index (χ3n) is 7.34. The highest BCUT2D eigenvalue weighted by Crippen LogP contribution is 2.26. The normalized spacial score (nSPS) is 15.2. The number of piperazine rings is 1. The summed E-state index contributed by atoms with van der Waals surface area (Å²) in [5.41, 5.74) is 7.54. The average molecular weight is 503 g/mol. The van der Waals surface area contributed by atoms with Crippen molar-refractivity contribution < 1.29 is 0 Å². The number of aromatic nitrogens is 2. The van der Waals surface area contributed by atoms with Gasteiger partial charge in [-0.1, -0.05) is 36.4 Å². The first kappa shape index (κ1) is 27.5. The molecule has 6 heteroatoms. The van der Waals surface area contributed by atoms with Crippen molar-refractivity contribution in [3.63, 3.8) is 0 Å². The molecule has 4 rings (SSSR count). The number of hydrogen-bond acceptors (Lipinski definition) is 5. The van der Waals surface area contributed by atoms with Crippen LogP contribution < -0.4 is 0 Å². The van der Waals surface area contributed by atoms with E-state index < -0.39 is 0 Å². The predicted octanol–water partition coefficient (Wildman–Crippen LogP) is 4.28. The molecule has 1 aliphatic heterocycles. The number of benzene rings is 2. The summed E-state index contributed by atoms with van der Waals surface area (Å²) < 4.78 is 2.07. The fourth-order valence-corrected chi connectivity index (χ4v) is 5.00. The second-order valence-electron chi connectivity index (χ2n) is 11.2. The Bertz CT molecular complexity index is 1080. The van der Waals surface area contributed by atoms with Gasteiger partial charge in [-0.15, -0.1) is 0 Å². The molecule has 0 radical (unpaired) electrons. The lowest BCUT2D eigenvalue weighted by atomic mass is 10.0. The summed E-state index contributed by atoms with van der Waals surface area (Å²) in [6.45, 7) is 7.82. The first-order valence-corrected chi connectivity index (χ1v) is 13.8. The highest BCUT2D eigenvalue weighted by molar-refractivity contribution is 5.63. The van der Waals surface area contributed by atoms with Gasteiger partial charge in [0.2, 0.25) is 0 Å². The van der Waals surface area contributed by atoms with Gasteiger partial charge in [0, 0.05) is 44.5 Å². The van der Waals surface area contributed by atoms with Crippen LogP contribution in [-0.4, -0.2) is 104 Å². The second-order valence-corrected chi connectivity index (χ2v) is 11.2. The Kier molecular flexibility index (Phi) is 9.92. The SMILES string of the molecule is CN(C)CCCc1ccc(-c2nn(-c3ccc(CN4CCN(C)CC4)cc3)cc2CCCN(C)C)cc1. The fourth-order valence-electron chi connectivity index (χ4n) is 5.00. The summed E-state index contributed by atoms with van der Waals surface area (Å²) in [5, 5.41) is 5.10. The molecule has 2 heterocycles. The van der Waals surface area contributed by atoms with Crippen LogP contribution in [0.1, 0.15) is 29.5 Å². The van der Waals surface area contributed by atoms with Gasteiger partial charge in [-0.05, 0) is 103 Å². The van der Waals surface area contributed by atoms with Crippen LogP contribution in [0.3, 0.4) is 0 Å². The monoisotopic (exact) mass is 502 g/mol. The highest BCUT2D eigenvalue weighted by atomic mass is 15.3. The molecule has 1 aromatic heterocycles. The average Bonchev–Trinajstić information content (AvgIpc) is 3.30. The zero-order valence-corrected chi connectivity index (χ0v) is 23.7. The number of rotatable bonds is 12. The van der Waals surface area contributed by atoms with Crippen molar-refractivity contribution in [2.24, 2.45) is 0 Å². The topological polar surface area (TPSA) is 30.8 Å². The fraction of sp³-hybridized carbons (Fsp3) is 0.516. The van der Waals surface area contributed by atoms with E-state index in [2.05, 4.69) is 114 Å². The Hall–Kier alpha value is -2.51. The molecule has 0 atom stereocenters. The summed E-state index contributed by atoms with van der Waals surface area (Å²) in [6, 6.07) is 18.0. The van der Waals surface area contributed by atoms with Crippen molar-refractivity contribution in [1.82, 2.24) is 29.4 Å². The maximum absolute atomic E-state index is 5.10. The molecule has 1 fully saturated rings. The molecule has 3 aromatic rings. The van der Waals surface area contributed by atoms with E-state index in [4.69, 9.17) is 5.10 Å². The Morgan fingerprint density at radius 3 is 1.95 bits per heavy atom. The minimum absolute atomic E-state index is 1.02. The van der Waals surface area contributed by atoms with Crippen molar-refractivity contribution in [3.8, 4) is 16.9 Å². The van der Waals surface area contributed by atoms with E-state index in [0.717, 1.165) is 76.5 Å². The van der Waals surface area contributed by atoms with Crippen LogP contribution in [0.4, 0.5) is 0 Å². The van der Waals surface area contributed by atoms with Crippen LogP contribution in [0.25, 0.3) is 16.9 Å². The van der Waals surface area contributed by atoms with Crippen molar-refractivity contribution in [2.45, 2.75) is 32.2 Å². The molecule has 0 aliphatic carbocycles. The molecule has 0 saturated carbocycles. The van der Waals surface area contributed by atoms with E-state index >= 15 is 0 Å². The minimum atomic E-state index is 1.02. The number of nitrogens with zero attached hydrogens (tertiary/aromatic N) is 6. The smallest absolute Gasteiger partial charge is 0.0959 e. The predicted molar refractivity (Wildman–Crippen MR) is 156 cm³/mol. The largest absolute Gasteiger partial charge is 0.309 e. The van der Waals surface area contributed by atoms with Gasteiger partial charge < -0.3 is 14.7 Å². The Morgan fingerprint density at radius 1 is 0.730 bits per heavy atom. The quantitative estimate of drug-likeness (QED) is 0.369. The van der Waals surface area contributed by atoms with Gasteiger partial charge in [-0.3, -0.25) is 4.90 Å². The van der Waals surface area contributed by atoms with Gasteiger partial charge in [0.1, 0.15) is 0 Å². The van der Waals surface area contributed by atoms with Gasteiger partial charge in [-0.25, -0.2) is 4.68 Å². The van der Waals surface area contributed by atoms with E-state index in [0.29, 0.717) is 0 Å². The lowest BCUT2D eigenvalue weighted by molar-refractivity contribution is 0.148. The molecule has 0 spiro atoms. The number of likely N-dealkylation sites (N-methyl/N-ethyl adjacent to an activating group) is 1. The Morgan fingerprint density at radius 2 is 1.32 bits per heavy atom. The van der Waals surface area contributed by atoms with E-state index in [1.165, 1.54) is 28.7 Å². The van der Waals surface area contributed by atoms with Crippen LogP contribution in [-0.2, 0) is 19.4 Å². The minimum Gasteiger partial charge on any atom is -0.309 e. The van der Waals surface area contributed by atoms with Crippen molar-refractivity contribution in [3.05, 3.63) is 71.4 Å². The zero-order chi connectivity index (χ0) is 26.2. The summed E-state index contributed by atoms with van der Waals surface area (Å²) in [4.78, 5) is 9.46. The van der Waals surface area contributed by atoms with Gasteiger partial charge in [0.15, 0.2) is 0 Å². The summed E-state index contributed by atoms with van der Waals surface area (Å²) in [7, 11) is 10.8. The van der Waals surface area contributed by atoms with Crippen LogP contribution in [0.15, 0.2) is 54.7 Å². The van der Waals surface area contributed by atoms with E-state index in [-0.39, 0.29) is 0 Å². The molecule has 1 saturated heterocycles. The van der Waals surface area contributed by atoms with Gasteiger partial charge in [0.05, 0.1) is 11.4 Å². The van der Waals surface area contributed by atoms with Crippen LogP contribution >= 0.6 is 0 Å². The Balaban J connectivity index is 1.49. The third-order valence-corrected chi connectivity index (χ3v) is 7.34. The molecule has 0 unspecified atom stereocenters. The van der Waals surface area contributed by atoms with Gasteiger partial charge >= 0.3 is 0 Å². The lowest BCUT2D eigenvalue weighted by Crippen LogP contribution is -2.43. The van der Waals surface area contributed by atoms with Crippen molar-refractivity contribution in [2.75, 3.05) is 74.5 Å². The van der Waals surface area contributed by atoms with Crippen molar-refractivity contribution >= 4 is 0 Å². The Labute approximate surface area is 224 Å². The molecule has 1 aliphatic rings. The molecule has 6 nitrogen and oxygen atoms in total. The molecular weight excluding hydrogens is 456 g/mol. The van der Waals surface area contributed by atoms with Crippen molar-refractivity contribution in [1.29, 1.82) is 0 Å². The van der Waals surface area contributed by atoms with Gasteiger partial charge in [-0.2, -0.15) is 5.10 Å². The maximum Gasteiger partial charge on any atom is 0.0959 e. The molecule has 0 bridgehead atoms. The molecule has 2 aromatic carbocycles. The molecule has 0 N–H and O–H groups in total. The van der Waals surface area contributed by atoms with E-state index in [1.807, 2.05) is 0 Å². The van der Waals surface area contributed by atoms with E-state index in [9.17, 15) is 0 Å². The number of hydrogen-bond donors (Lipinski definition) is 0. The molecular formula is C31H46N6. The first-order valence-electron chi connectivity index (χ1n) is 13.8. The summed E-state index contributed by atoms with van der Waals surface area (Å²) >= 11 is 0. The van der Waals surface area contributed by atoms with Crippen LogP contribution in [0.5, 0.6) is 0 Å². The standard InChI is InChI=1S/C31H46N6/c1-33(2)18-6-8-26-10-14-28(15-11-26)31-29(9-7-19-34(3)4)25-37(32-31)30-16-12-27(13-17-30)24-36-22-20-35(5)21-23-36/h10-17,25H,6-9,18-24H2,1-5H3. The second kappa shape index (κ2) is 13.3. The van der Waals surface area contributed by atoms with Gasteiger partial charge in [0.25, 0.3) is 0 Å².